The molecule has 8 heteroatoms. The van der Waals surface area contributed by atoms with Crippen LogP contribution in [0.1, 0.15) is 39.5 Å². The van der Waals surface area contributed by atoms with Crippen LogP contribution in [0.5, 0.6) is 0 Å². The predicted octanol–water partition coefficient (Wildman–Crippen LogP) is 0.107. The van der Waals surface area contributed by atoms with Crippen LogP contribution in [0.15, 0.2) is 4.99 Å². The number of hydrogen-bond donors (Lipinski definition) is 2. The molecule has 2 heterocycles. The number of rotatable bonds is 7. The number of likely N-dealkylation sites (tertiary alicyclic amines) is 1. The van der Waals surface area contributed by atoms with Gasteiger partial charge in [0.05, 0.1) is 12.6 Å². The molecular formula is C20H36N6O2. The monoisotopic (exact) mass is 392 g/mol. The fourth-order valence-corrected chi connectivity index (χ4v) is 3.94. The number of piperazine rings is 1. The summed E-state index contributed by atoms with van der Waals surface area (Å²) in [6.45, 7) is 11.4. The van der Waals surface area contributed by atoms with Crippen molar-refractivity contribution in [3.63, 3.8) is 0 Å². The lowest BCUT2D eigenvalue weighted by molar-refractivity contribution is -0.135. The third-order valence-corrected chi connectivity index (χ3v) is 5.89. The van der Waals surface area contributed by atoms with Gasteiger partial charge in [0.25, 0.3) is 0 Å². The van der Waals surface area contributed by atoms with Crippen molar-refractivity contribution in [3.05, 3.63) is 0 Å². The number of aliphatic imine (C=N–C) groups is 1. The summed E-state index contributed by atoms with van der Waals surface area (Å²) in [6, 6.07) is -0.0441. The van der Waals surface area contributed by atoms with Crippen molar-refractivity contribution >= 4 is 17.8 Å². The number of guanidine groups is 1. The first-order chi connectivity index (χ1) is 13.6. The lowest BCUT2D eigenvalue weighted by Gasteiger charge is -2.39. The zero-order valence-corrected chi connectivity index (χ0v) is 17.5. The molecule has 0 aromatic rings. The molecule has 2 N–H and O–H groups in total. The summed E-state index contributed by atoms with van der Waals surface area (Å²) in [5, 5.41) is 6.32. The predicted molar refractivity (Wildman–Crippen MR) is 110 cm³/mol. The van der Waals surface area contributed by atoms with Crippen molar-refractivity contribution < 1.29 is 9.59 Å². The molecule has 28 heavy (non-hydrogen) atoms. The molecule has 2 amide bonds. The minimum atomic E-state index is -0.0441. The van der Waals surface area contributed by atoms with Crippen LogP contribution in [-0.2, 0) is 9.59 Å². The first-order valence-electron chi connectivity index (χ1n) is 10.9. The zero-order chi connectivity index (χ0) is 19.9. The van der Waals surface area contributed by atoms with Crippen LogP contribution in [0.2, 0.25) is 0 Å². The molecule has 0 radical (unpaired) electrons. The van der Waals surface area contributed by atoms with E-state index >= 15 is 0 Å². The van der Waals surface area contributed by atoms with Gasteiger partial charge in [0.2, 0.25) is 11.8 Å². The van der Waals surface area contributed by atoms with Crippen LogP contribution >= 0.6 is 0 Å². The summed E-state index contributed by atoms with van der Waals surface area (Å²) >= 11 is 0. The number of hydrogen-bond acceptors (Lipinski definition) is 4. The minimum absolute atomic E-state index is 0.0441. The Morgan fingerprint density at radius 1 is 1.00 bits per heavy atom. The van der Waals surface area contributed by atoms with E-state index in [1.54, 1.807) is 0 Å². The average molecular weight is 393 g/mol. The largest absolute Gasteiger partial charge is 0.357 e. The van der Waals surface area contributed by atoms with E-state index in [0.717, 1.165) is 77.5 Å². The Labute approximate surface area is 168 Å². The molecule has 1 saturated carbocycles. The number of carbonyl (C=O) groups excluding carboxylic acids is 2. The summed E-state index contributed by atoms with van der Waals surface area (Å²) in [4.78, 5) is 35.6. The van der Waals surface area contributed by atoms with Crippen molar-refractivity contribution in [1.82, 2.24) is 25.3 Å². The fraction of sp³-hybridized carbons (Fsp3) is 0.850. The highest BCUT2D eigenvalue weighted by atomic mass is 16.2. The highest BCUT2D eigenvalue weighted by Gasteiger charge is 2.31. The number of nitrogens with zero attached hydrogens (tertiary/aromatic N) is 4. The zero-order valence-electron chi connectivity index (χ0n) is 17.5. The maximum atomic E-state index is 12.6. The maximum Gasteiger partial charge on any atom is 0.239 e. The molecule has 1 unspecified atom stereocenters. The highest BCUT2D eigenvalue weighted by Crippen LogP contribution is 2.28. The molecule has 3 rings (SSSR count). The summed E-state index contributed by atoms with van der Waals surface area (Å²) in [5.41, 5.74) is 0. The number of amides is 2. The maximum absolute atomic E-state index is 12.6. The third-order valence-electron chi connectivity index (χ3n) is 5.89. The Morgan fingerprint density at radius 3 is 2.29 bits per heavy atom. The van der Waals surface area contributed by atoms with Crippen LogP contribution in [0.4, 0.5) is 0 Å². The third kappa shape index (κ3) is 5.59. The van der Waals surface area contributed by atoms with Gasteiger partial charge in [-0.1, -0.05) is 0 Å². The van der Waals surface area contributed by atoms with Crippen LogP contribution in [0.25, 0.3) is 0 Å². The fourth-order valence-electron chi connectivity index (χ4n) is 3.94. The van der Waals surface area contributed by atoms with Gasteiger partial charge in [-0.15, -0.1) is 0 Å². The molecule has 0 bridgehead atoms. The smallest absolute Gasteiger partial charge is 0.239 e. The molecule has 0 spiro atoms. The van der Waals surface area contributed by atoms with Crippen LogP contribution in [-0.4, -0.2) is 97.4 Å². The average Bonchev–Trinajstić information content (AvgIpc) is 3.43. The van der Waals surface area contributed by atoms with Gasteiger partial charge in [-0.25, -0.2) is 0 Å². The Bertz CT molecular complexity index is 563. The van der Waals surface area contributed by atoms with E-state index < -0.39 is 0 Å². The SMILES string of the molecule is CCNC(=NCCNC(=O)C1CC1)N1CCN(C(C)C(=O)N2CCCC2)CC1. The quantitative estimate of drug-likeness (QED) is 0.365. The van der Waals surface area contributed by atoms with Crippen molar-refractivity contribution in [3.8, 4) is 0 Å². The molecular weight excluding hydrogens is 356 g/mol. The van der Waals surface area contributed by atoms with Crippen molar-refractivity contribution in [2.75, 3.05) is 58.9 Å². The molecule has 0 aromatic carbocycles. The van der Waals surface area contributed by atoms with Gasteiger partial charge in [-0.05, 0) is 39.5 Å². The molecule has 2 saturated heterocycles. The highest BCUT2D eigenvalue weighted by molar-refractivity contribution is 5.82. The van der Waals surface area contributed by atoms with E-state index in [0.29, 0.717) is 13.1 Å². The van der Waals surface area contributed by atoms with Gasteiger partial charge in [-0.2, -0.15) is 0 Å². The van der Waals surface area contributed by atoms with E-state index in [1.165, 1.54) is 0 Å². The van der Waals surface area contributed by atoms with Gasteiger partial charge < -0.3 is 20.4 Å². The second kappa shape index (κ2) is 10.1. The van der Waals surface area contributed by atoms with E-state index in [4.69, 9.17) is 0 Å². The summed E-state index contributed by atoms with van der Waals surface area (Å²) in [6.07, 6.45) is 4.33. The van der Waals surface area contributed by atoms with Gasteiger partial charge in [0.15, 0.2) is 5.96 Å². The van der Waals surface area contributed by atoms with Gasteiger partial charge in [0, 0.05) is 58.3 Å². The summed E-state index contributed by atoms with van der Waals surface area (Å²) in [5.74, 6) is 1.60. The standard InChI is InChI=1S/C20H36N6O2/c1-3-21-20(23-9-8-22-18(27)17-6-7-17)26-14-12-24(13-15-26)16(2)19(28)25-10-4-5-11-25/h16-17H,3-15H2,1-2H3,(H,21,23)(H,22,27). The molecule has 3 fully saturated rings. The van der Waals surface area contributed by atoms with E-state index in [1.807, 2.05) is 11.8 Å². The minimum Gasteiger partial charge on any atom is -0.357 e. The lowest BCUT2D eigenvalue weighted by Crippen LogP contribution is -2.57. The van der Waals surface area contributed by atoms with Crippen LogP contribution in [0, 0.1) is 5.92 Å². The van der Waals surface area contributed by atoms with Gasteiger partial charge >= 0.3 is 0 Å². The molecule has 0 aromatic heterocycles. The first-order valence-corrected chi connectivity index (χ1v) is 10.9. The Balaban J connectivity index is 1.44. The Kier molecular flexibility index (Phi) is 7.53. The molecule has 3 aliphatic rings. The first kappa shape index (κ1) is 20.9. The molecule has 2 aliphatic heterocycles. The van der Waals surface area contributed by atoms with Gasteiger partial charge in [-0.3, -0.25) is 19.5 Å². The number of carbonyl (C=O) groups is 2. The molecule has 8 nitrogen and oxygen atoms in total. The van der Waals surface area contributed by atoms with E-state index in [2.05, 4.69) is 32.3 Å². The Hall–Kier alpha value is -1.83. The van der Waals surface area contributed by atoms with E-state index in [-0.39, 0.29) is 23.8 Å². The van der Waals surface area contributed by atoms with E-state index in [9.17, 15) is 9.59 Å². The normalized spacial score (nSPS) is 22.3. The van der Waals surface area contributed by atoms with Crippen molar-refractivity contribution in [2.45, 2.75) is 45.6 Å². The van der Waals surface area contributed by atoms with Crippen LogP contribution < -0.4 is 10.6 Å². The molecule has 1 atom stereocenters. The van der Waals surface area contributed by atoms with Crippen LogP contribution in [0.3, 0.4) is 0 Å². The lowest BCUT2D eigenvalue weighted by atomic mass is 10.2. The summed E-state index contributed by atoms with van der Waals surface area (Å²) < 4.78 is 0. The summed E-state index contributed by atoms with van der Waals surface area (Å²) in [7, 11) is 0. The molecule has 158 valence electrons. The Morgan fingerprint density at radius 2 is 1.68 bits per heavy atom. The van der Waals surface area contributed by atoms with Gasteiger partial charge in [0.1, 0.15) is 0 Å². The van der Waals surface area contributed by atoms with Crippen molar-refractivity contribution in [1.29, 1.82) is 0 Å². The molecule has 1 aliphatic carbocycles. The topological polar surface area (TPSA) is 80.3 Å². The second-order valence-electron chi connectivity index (χ2n) is 8.03. The number of nitrogens with one attached hydrogen (secondary N) is 2. The van der Waals surface area contributed by atoms with Crippen molar-refractivity contribution in [2.24, 2.45) is 10.9 Å². The second-order valence-corrected chi connectivity index (χ2v) is 8.03.